The van der Waals surface area contributed by atoms with Crippen molar-refractivity contribution in [2.75, 3.05) is 0 Å². The van der Waals surface area contributed by atoms with Gasteiger partial charge in [-0.05, 0) is 185 Å². The van der Waals surface area contributed by atoms with E-state index < -0.39 is 0 Å². The molecule has 87 heavy (non-hydrogen) atoms. The molecule has 0 aliphatic rings. The molecule has 0 unspecified atom stereocenters. The highest BCUT2D eigenvalue weighted by Gasteiger charge is 2.19. The number of furan rings is 4. The van der Waals surface area contributed by atoms with Crippen LogP contribution in [0.5, 0.6) is 5.75 Å². The van der Waals surface area contributed by atoms with E-state index in [2.05, 4.69) is 226 Å². The Morgan fingerprint density at radius 3 is 0.943 bits per heavy atom. The molecule has 19 rings (SSSR count). The van der Waals surface area contributed by atoms with E-state index >= 15 is 0 Å². The van der Waals surface area contributed by atoms with E-state index in [-0.39, 0.29) is 0 Å². The Bertz CT molecular complexity index is 5720. The molecule has 0 spiro atoms. The Balaban J connectivity index is 0.000000124. The topological polar surface area (TPSA) is 82.0 Å². The zero-order chi connectivity index (χ0) is 57.9. The normalized spacial score (nSPS) is 11.9. The van der Waals surface area contributed by atoms with Gasteiger partial charge in [-0.2, -0.15) is 0 Å². The van der Waals surface area contributed by atoms with Crippen LogP contribution in [0.2, 0.25) is 0 Å². The van der Waals surface area contributed by atoms with Gasteiger partial charge < -0.3 is 27.3 Å². The zero-order valence-electron chi connectivity index (χ0n) is 46.1. The lowest BCUT2D eigenvalue weighted by Gasteiger charge is -2.11. The van der Waals surface area contributed by atoms with Crippen molar-refractivity contribution in [1.29, 1.82) is 0 Å². The van der Waals surface area contributed by atoms with Crippen molar-refractivity contribution in [3.63, 3.8) is 0 Å². The highest BCUT2D eigenvalue weighted by molar-refractivity contribution is 9.10. The minimum Gasteiger partial charge on any atom is -0.537 e. The molecule has 4 heterocycles. The van der Waals surface area contributed by atoms with Gasteiger partial charge in [-0.3, -0.25) is 0 Å². The third-order valence-electron chi connectivity index (χ3n) is 17.1. The fourth-order valence-corrected chi connectivity index (χ4v) is 13.9. The van der Waals surface area contributed by atoms with Crippen molar-refractivity contribution in [1.82, 2.24) is 0 Å². The van der Waals surface area contributed by atoms with Crippen LogP contribution in [0, 0.1) is 0 Å². The molecule has 0 aliphatic carbocycles. The molecule has 1 N–H and O–H groups in total. The summed E-state index contributed by atoms with van der Waals surface area (Å²) in [6.07, 6.45) is 0. The van der Waals surface area contributed by atoms with Crippen molar-refractivity contribution < 1.29 is 27.3 Å². The van der Waals surface area contributed by atoms with E-state index in [4.69, 9.17) is 27.3 Å². The highest BCUT2D eigenvalue weighted by atomic mass is 79.9. The zero-order valence-corrected chi connectivity index (χ0v) is 49.3. The second kappa shape index (κ2) is 20.5. The number of halogens is 2. The molecule has 1 radical (unpaired) electrons. The van der Waals surface area contributed by atoms with E-state index in [0.717, 1.165) is 121 Å². The first-order valence-corrected chi connectivity index (χ1v) is 30.3. The summed E-state index contributed by atoms with van der Waals surface area (Å²) in [7, 11) is 0.719. The number of benzene rings is 15. The molecule has 9 heteroatoms. The lowest BCUT2D eigenvalue weighted by atomic mass is 9.92. The fraction of sp³-hybridized carbons (Fsp3) is 0. The molecule has 0 aliphatic heterocycles. The SMILES string of the molecule is Brc1ccc2oc3cc4c(cc3c2c1)oc1ccc(Br)cc14.O[B]Oc1cc2ccccc2c2ccccc12.c1ccc2c(c1)cc(-c1ccc3oc4cc5c(cc4c3c1)oc1ccc(-c3cc4ccccc4c4ccccc34)cc15)c1ccccc12. The van der Waals surface area contributed by atoms with Crippen LogP contribution in [0.25, 0.3) is 175 Å². The van der Waals surface area contributed by atoms with Crippen LogP contribution in [0.3, 0.4) is 0 Å². The standard InChI is InChI=1S/C46H26O2.C18H8Br2O2.C14H10BO2/c1-3-11-31-27(9-1)21-37(35-15-7-5-13-33(31)35)29-17-19-43-39(23-29)41-25-46-42(26-45(41)47-43)40-24-30(18-20-44(40)48-46)38-22-28-10-2-4-12-32(28)34-14-6-8-16-36(34)38;19-9-1-3-15-11(5-9)13-7-18-14(8-17(13)21-15)12-6-10(20)2-4-16(12)22-18;16-15-17-14-9-10-5-1-2-6-11(10)12-7-3-4-8-13(12)14/h1-26H;1-8H;1-9,16H. The Labute approximate surface area is 513 Å². The van der Waals surface area contributed by atoms with Gasteiger partial charge in [-0.25, -0.2) is 0 Å². The number of hydrogen-bond acceptors (Lipinski definition) is 6. The number of fused-ring (bicyclic) bond motifs is 21. The largest absolute Gasteiger partial charge is 0.569 e. The van der Waals surface area contributed by atoms with E-state index in [1.807, 2.05) is 66.7 Å². The van der Waals surface area contributed by atoms with Crippen molar-refractivity contribution in [2.45, 2.75) is 0 Å². The smallest absolute Gasteiger partial charge is 0.537 e. The van der Waals surface area contributed by atoms with Crippen LogP contribution >= 0.6 is 31.9 Å². The van der Waals surface area contributed by atoms with Crippen LogP contribution in [0.4, 0.5) is 0 Å². The monoisotopic (exact) mass is 1250 g/mol. The molecule has 0 saturated heterocycles. The van der Waals surface area contributed by atoms with Gasteiger partial charge in [-0.15, -0.1) is 0 Å². The summed E-state index contributed by atoms with van der Waals surface area (Å²) in [5.74, 6) is 0.668. The summed E-state index contributed by atoms with van der Waals surface area (Å²) in [6.45, 7) is 0. The van der Waals surface area contributed by atoms with Gasteiger partial charge in [-0.1, -0.05) is 190 Å². The maximum Gasteiger partial charge on any atom is 0.569 e. The first kappa shape index (κ1) is 51.3. The summed E-state index contributed by atoms with van der Waals surface area (Å²) in [4.78, 5) is 0. The summed E-state index contributed by atoms with van der Waals surface area (Å²) < 4.78 is 32.2. The van der Waals surface area contributed by atoms with Gasteiger partial charge >= 0.3 is 7.69 Å². The highest BCUT2D eigenvalue weighted by Crippen LogP contribution is 2.44. The second-order valence-electron chi connectivity index (χ2n) is 22.0. The molecule has 15 aromatic carbocycles. The third kappa shape index (κ3) is 8.64. The summed E-state index contributed by atoms with van der Waals surface area (Å²) in [5, 5.41) is 31.9. The summed E-state index contributed by atoms with van der Waals surface area (Å²) in [5.41, 5.74) is 11.8. The Kier molecular flexibility index (Phi) is 12.1. The molecule has 6 nitrogen and oxygen atoms in total. The van der Waals surface area contributed by atoms with Gasteiger partial charge in [0.05, 0.1) is 0 Å². The van der Waals surface area contributed by atoms with Gasteiger partial charge in [0.2, 0.25) is 0 Å². The Morgan fingerprint density at radius 2 is 0.552 bits per heavy atom. The minimum atomic E-state index is 0.668. The molecule has 4 aromatic heterocycles. The van der Waals surface area contributed by atoms with Crippen LogP contribution in [-0.2, 0) is 0 Å². The molecule has 0 atom stereocenters. The van der Waals surface area contributed by atoms with E-state index in [9.17, 15) is 0 Å². The summed E-state index contributed by atoms with van der Waals surface area (Å²) >= 11 is 7.04. The average molecular weight is 1250 g/mol. The first-order chi connectivity index (χ1) is 42.8. The Hall–Kier alpha value is -10.2. The lowest BCUT2D eigenvalue weighted by Crippen LogP contribution is -2.00. The third-order valence-corrected chi connectivity index (χ3v) is 18.1. The lowest BCUT2D eigenvalue weighted by molar-refractivity contribution is 0.457. The fourth-order valence-electron chi connectivity index (χ4n) is 13.1. The number of hydrogen-bond donors (Lipinski definition) is 1. The first-order valence-electron chi connectivity index (χ1n) is 28.7. The molecule has 19 aromatic rings. The molecule has 0 saturated carbocycles. The molecule has 0 amide bonds. The number of rotatable bonds is 4. The quantitative estimate of drug-likeness (QED) is 0.140. The molecule has 0 fully saturated rings. The van der Waals surface area contributed by atoms with Crippen molar-refractivity contribution >= 4 is 192 Å². The molecule has 0 bridgehead atoms. The van der Waals surface area contributed by atoms with Crippen LogP contribution in [0.1, 0.15) is 0 Å². The van der Waals surface area contributed by atoms with Gasteiger partial charge in [0.1, 0.15) is 50.4 Å². The van der Waals surface area contributed by atoms with Crippen LogP contribution in [0.15, 0.2) is 287 Å². The van der Waals surface area contributed by atoms with Crippen molar-refractivity contribution in [3.8, 4) is 28.0 Å². The van der Waals surface area contributed by atoms with Gasteiger partial charge in [0.15, 0.2) is 0 Å². The second-order valence-corrected chi connectivity index (χ2v) is 23.9. The van der Waals surface area contributed by atoms with Crippen LogP contribution in [-0.4, -0.2) is 12.7 Å². The van der Waals surface area contributed by atoms with Gasteiger partial charge in [0, 0.05) is 57.4 Å². The van der Waals surface area contributed by atoms with E-state index in [1.54, 1.807) is 0 Å². The Morgan fingerprint density at radius 1 is 0.253 bits per heavy atom. The summed E-state index contributed by atoms with van der Waals surface area (Å²) in [6, 6.07) is 91.0. The van der Waals surface area contributed by atoms with E-state index in [1.165, 1.54) is 70.7 Å². The molecular formula is C78H44BBr2O6. The maximum atomic E-state index is 8.80. The average Bonchev–Trinajstić information content (AvgIpc) is 1.86. The van der Waals surface area contributed by atoms with Crippen molar-refractivity contribution in [3.05, 3.63) is 270 Å². The predicted molar refractivity (Wildman–Crippen MR) is 368 cm³/mol. The minimum absolute atomic E-state index is 0.668. The van der Waals surface area contributed by atoms with Crippen LogP contribution < -0.4 is 4.65 Å². The predicted octanol–water partition coefficient (Wildman–Crippen LogP) is 23.3. The molecular weight excluding hydrogens is 1200 g/mol. The van der Waals surface area contributed by atoms with Crippen molar-refractivity contribution in [2.24, 2.45) is 0 Å². The van der Waals surface area contributed by atoms with E-state index in [0.29, 0.717) is 5.75 Å². The molecule has 409 valence electrons. The van der Waals surface area contributed by atoms with Gasteiger partial charge in [0.25, 0.3) is 0 Å². The maximum absolute atomic E-state index is 8.80.